The third kappa shape index (κ3) is 2.06. The molecule has 0 atom stereocenters. The smallest absolute Gasteiger partial charge is 0.417 e. The molecule has 17 heavy (non-hydrogen) atoms. The Labute approximate surface area is 95.5 Å². The number of hydrogen-bond acceptors (Lipinski definition) is 2. The molecule has 90 valence electrons. The molecule has 5 heteroatoms. The van der Waals surface area contributed by atoms with Crippen LogP contribution in [0, 0.1) is 0 Å². The van der Waals surface area contributed by atoms with E-state index in [0.717, 1.165) is 6.07 Å². The van der Waals surface area contributed by atoms with Crippen LogP contribution in [0.2, 0.25) is 0 Å². The van der Waals surface area contributed by atoms with Gasteiger partial charge in [-0.25, -0.2) is 0 Å². The second-order valence-electron chi connectivity index (χ2n) is 3.72. The summed E-state index contributed by atoms with van der Waals surface area (Å²) >= 11 is 0. The van der Waals surface area contributed by atoms with Gasteiger partial charge in [0, 0.05) is 11.9 Å². The quantitative estimate of drug-likeness (QED) is 0.806. The summed E-state index contributed by atoms with van der Waals surface area (Å²) in [6.07, 6.45) is -4.45. The number of aromatic hydroxyl groups is 1. The summed E-state index contributed by atoms with van der Waals surface area (Å²) in [4.78, 5) is 0. The Balaban J connectivity index is 2.83. The molecule has 2 rings (SSSR count). The SMILES string of the molecule is NCc1cc(O)c2cccc(C(F)(F)F)c2c1. The minimum absolute atomic E-state index is 0.0274. The number of alkyl halides is 3. The fourth-order valence-electron chi connectivity index (χ4n) is 1.79. The Morgan fingerprint density at radius 1 is 1.12 bits per heavy atom. The van der Waals surface area contributed by atoms with Gasteiger partial charge in [-0.3, -0.25) is 0 Å². The van der Waals surface area contributed by atoms with Gasteiger partial charge in [0.05, 0.1) is 5.56 Å². The molecule has 0 aromatic heterocycles. The van der Waals surface area contributed by atoms with Crippen LogP contribution in [-0.4, -0.2) is 5.11 Å². The van der Waals surface area contributed by atoms with Gasteiger partial charge >= 0.3 is 6.18 Å². The Kier molecular flexibility index (Phi) is 2.71. The van der Waals surface area contributed by atoms with Crippen molar-refractivity contribution in [1.82, 2.24) is 0 Å². The summed E-state index contributed by atoms with van der Waals surface area (Å²) in [5, 5.41) is 9.80. The number of hydrogen-bond donors (Lipinski definition) is 2. The number of fused-ring (bicyclic) bond motifs is 1. The van der Waals surface area contributed by atoms with Crippen LogP contribution in [0.15, 0.2) is 30.3 Å². The van der Waals surface area contributed by atoms with E-state index in [4.69, 9.17) is 5.73 Å². The maximum absolute atomic E-state index is 12.8. The van der Waals surface area contributed by atoms with E-state index in [-0.39, 0.29) is 23.1 Å². The summed E-state index contributed by atoms with van der Waals surface area (Å²) in [5.41, 5.74) is 5.08. The average Bonchev–Trinajstić information content (AvgIpc) is 2.26. The van der Waals surface area contributed by atoms with Gasteiger partial charge in [0.15, 0.2) is 0 Å². The minimum Gasteiger partial charge on any atom is -0.507 e. The van der Waals surface area contributed by atoms with Crippen LogP contribution in [0.3, 0.4) is 0 Å². The highest BCUT2D eigenvalue weighted by atomic mass is 19.4. The number of phenolic OH excluding ortho intramolecular Hbond substituents is 1. The van der Waals surface area contributed by atoms with Gasteiger partial charge in [-0.2, -0.15) is 13.2 Å². The van der Waals surface area contributed by atoms with Gasteiger partial charge in [-0.05, 0) is 29.1 Å². The van der Waals surface area contributed by atoms with E-state index in [2.05, 4.69) is 0 Å². The fourth-order valence-corrected chi connectivity index (χ4v) is 1.79. The molecule has 0 fully saturated rings. The van der Waals surface area contributed by atoms with E-state index in [9.17, 15) is 18.3 Å². The number of phenols is 1. The molecule has 2 aromatic carbocycles. The van der Waals surface area contributed by atoms with E-state index in [1.165, 1.54) is 24.3 Å². The van der Waals surface area contributed by atoms with Crippen molar-refractivity contribution in [1.29, 1.82) is 0 Å². The Morgan fingerprint density at radius 3 is 2.41 bits per heavy atom. The summed E-state index contributed by atoms with van der Waals surface area (Å²) in [6.45, 7) is 0.0791. The van der Waals surface area contributed by atoms with Crippen molar-refractivity contribution in [2.24, 2.45) is 5.73 Å². The summed E-state index contributed by atoms with van der Waals surface area (Å²) in [6, 6.07) is 6.44. The maximum atomic E-state index is 12.8. The lowest BCUT2D eigenvalue weighted by atomic mass is 10.0. The first-order chi connectivity index (χ1) is 7.93. The highest BCUT2D eigenvalue weighted by molar-refractivity contribution is 5.91. The van der Waals surface area contributed by atoms with E-state index in [1.54, 1.807) is 0 Å². The zero-order valence-corrected chi connectivity index (χ0v) is 8.75. The summed E-state index contributed by atoms with van der Waals surface area (Å²) in [7, 11) is 0. The number of rotatable bonds is 1. The molecule has 0 saturated heterocycles. The lowest BCUT2D eigenvalue weighted by Gasteiger charge is -2.12. The lowest BCUT2D eigenvalue weighted by molar-refractivity contribution is -0.136. The first-order valence-corrected chi connectivity index (χ1v) is 4.95. The molecule has 3 N–H and O–H groups in total. The third-order valence-electron chi connectivity index (χ3n) is 2.58. The number of halogens is 3. The number of nitrogens with two attached hydrogens (primary N) is 1. The molecule has 2 aromatic rings. The fraction of sp³-hybridized carbons (Fsp3) is 0.167. The van der Waals surface area contributed by atoms with Crippen molar-refractivity contribution in [3.8, 4) is 5.75 Å². The van der Waals surface area contributed by atoms with E-state index >= 15 is 0 Å². The van der Waals surface area contributed by atoms with Gasteiger partial charge in [0.2, 0.25) is 0 Å². The van der Waals surface area contributed by atoms with Crippen LogP contribution in [0.1, 0.15) is 11.1 Å². The minimum atomic E-state index is -4.45. The largest absolute Gasteiger partial charge is 0.507 e. The zero-order valence-electron chi connectivity index (χ0n) is 8.75. The molecule has 0 bridgehead atoms. The lowest BCUT2D eigenvalue weighted by Crippen LogP contribution is -2.06. The Morgan fingerprint density at radius 2 is 1.82 bits per heavy atom. The van der Waals surface area contributed by atoms with Crippen molar-refractivity contribution in [3.63, 3.8) is 0 Å². The van der Waals surface area contributed by atoms with Crippen LogP contribution in [0.4, 0.5) is 13.2 Å². The Bertz CT molecular complexity index is 563. The van der Waals surface area contributed by atoms with Gasteiger partial charge in [0.1, 0.15) is 5.75 Å². The Hall–Kier alpha value is -1.75. The third-order valence-corrected chi connectivity index (χ3v) is 2.58. The topological polar surface area (TPSA) is 46.2 Å². The molecule has 0 unspecified atom stereocenters. The van der Waals surface area contributed by atoms with Crippen molar-refractivity contribution in [3.05, 3.63) is 41.5 Å². The van der Waals surface area contributed by atoms with Gasteiger partial charge in [-0.15, -0.1) is 0 Å². The highest BCUT2D eigenvalue weighted by Crippen LogP contribution is 2.37. The van der Waals surface area contributed by atoms with Crippen LogP contribution in [0.25, 0.3) is 10.8 Å². The molecule has 0 aliphatic rings. The summed E-state index contributed by atoms with van der Waals surface area (Å²) in [5.74, 6) is -0.186. The van der Waals surface area contributed by atoms with Crippen LogP contribution >= 0.6 is 0 Å². The average molecular weight is 241 g/mol. The molecule has 2 nitrogen and oxygen atoms in total. The van der Waals surface area contributed by atoms with Crippen LogP contribution in [-0.2, 0) is 12.7 Å². The van der Waals surface area contributed by atoms with Crippen LogP contribution in [0.5, 0.6) is 5.75 Å². The van der Waals surface area contributed by atoms with Crippen molar-refractivity contribution >= 4 is 10.8 Å². The van der Waals surface area contributed by atoms with Gasteiger partial charge in [-0.1, -0.05) is 12.1 Å². The van der Waals surface area contributed by atoms with Crippen molar-refractivity contribution in [2.75, 3.05) is 0 Å². The number of benzene rings is 2. The first-order valence-electron chi connectivity index (χ1n) is 4.95. The molecule has 0 amide bonds. The maximum Gasteiger partial charge on any atom is 0.417 e. The molecule has 0 aliphatic carbocycles. The molecular formula is C12H10F3NO. The van der Waals surface area contributed by atoms with E-state index in [0.29, 0.717) is 5.56 Å². The highest BCUT2D eigenvalue weighted by Gasteiger charge is 2.32. The molecule has 0 radical (unpaired) electrons. The van der Waals surface area contributed by atoms with E-state index < -0.39 is 11.7 Å². The normalized spacial score (nSPS) is 12.0. The molecule has 0 aliphatic heterocycles. The molecular weight excluding hydrogens is 231 g/mol. The second-order valence-corrected chi connectivity index (χ2v) is 3.72. The molecule has 0 saturated carbocycles. The van der Waals surface area contributed by atoms with Gasteiger partial charge in [0.25, 0.3) is 0 Å². The molecule has 0 heterocycles. The van der Waals surface area contributed by atoms with E-state index in [1.807, 2.05) is 0 Å². The van der Waals surface area contributed by atoms with Crippen molar-refractivity contribution in [2.45, 2.75) is 12.7 Å². The second kappa shape index (κ2) is 3.92. The predicted octanol–water partition coefficient (Wildman–Crippen LogP) is 3.02. The first kappa shape index (κ1) is 11.7. The monoisotopic (exact) mass is 241 g/mol. The van der Waals surface area contributed by atoms with Crippen LogP contribution < -0.4 is 5.73 Å². The predicted molar refractivity (Wildman–Crippen MR) is 58.5 cm³/mol. The standard InChI is InChI=1S/C12H10F3NO/c13-12(14,15)10-3-1-2-8-9(10)4-7(6-16)5-11(8)17/h1-5,17H,6,16H2. The van der Waals surface area contributed by atoms with Crippen molar-refractivity contribution < 1.29 is 18.3 Å². The zero-order chi connectivity index (χ0) is 12.6. The summed E-state index contributed by atoms with van der Waals surface area (Å²) < 4.78 is 38.3. The van der Waals surface area contributed by atoms with Gasteiger partial charge < -0.3 is 10.8 Å². The molecule has 0 spiro atoms.